The van der Waals surface area contributed by atoms with E-state index in [1.807, 2.05) is 58.0 Å². The lowest BCUT2D eigenvalue weighted by atomic mass is 10.1. The van der Waals surface area contributed by atoms with Gasteiger partial charge in [-0.2, -0.15) is 13.2 Å². The minimum atomic E-state index is -4.73. The maximum absolute atomic E-state index is 13.4. The molecular weight excluding hydrogens is 485 g/mol. The first-order chi connectivity index (χ1) is 17.4. The van der Waals surface area contributed by atoms with Crippen molar-refractivity contribution in [1.82, 2.24) is 4.90 Å². The largest absolute Gasteiger partial charge is 0.497 e. The number of aliphatic imine (C=N–C) groups is 1. The van der Waals surface area contributed by atoms with Crippen molar-refractivity contribution in [2.75, 3.05) is 20.3 Å². The Morgan fingerprint density at radius 3 is 2.24 bits per heavy atom. The minimum absolute atomic E-state index is 0.106. The highest BCUT2D eigenvalue weighted by Gasteiger charge is 2.38. The van der Waals surface area contributed by atoms with Crippen molar-refractivity contribution >= 4 is 17.7 Å². The van der Waals surface area contributed by atoms with Gasteiger partial charge >= 0.3 is 12.3 Å². The van der Waals surface area contributed by atoms with E-state index in [0.29, 0.717) is 31.7 Å². The SMILES string of the molecule is COc1ccc(N=C(OC/C=C(/C)CCCN(Cc2ccccc2)C(=O)OC(C)(C)C)C(F)(F)F)cc1. The van der Waals surface area contributed by atoms with E-state index in [1.165, 1.54) is 31.4 Å². The van der Waals surface area contributed by atoms with Crippen LogP contribution in [-0.2, 0) is 16.0 Å². The second-order valence-corrected chi connectivity index (χ2v) is 9.47. The van der Waals surface area contributed by atoms with Crippen LogP contribution in [0.2, 0.25) is 0 Å². The molecule has 0 bridgehead atoms. The number of hydrogen-bond acceptors (Lipinski definition) is 5. The molecule has 202 valence electrons. The van der Waals surface area contributed by atoms with Crippen LogP contribution >= 0.6 is 0 Å². The van der Waals surface area contributed by atoms with E-state index in [-0.39, 0.29) is 12.3 Å². The van der Waals surface area contributed by atoms with E-state index in [2.05, 4.69) is 4.99 Å². The van der Waals surface area contributed by atoms with Crippen LogP contribution in [0.1, 0.15) is 46.1 Å². The van der Waals surface area contributed by atoms with Gasteiger partial charge in [0.2, 0.25) is 0 Å². The van der Waals surface area contributed by atoms with Crippen LogP contribution < -0.4 is 4.74 Å². The number of allylic oxidation sites excluding steroid dienone is 1. The van der Waals surface area contributed by atoms with Gasteiger partial charge in [-0.15, -0.1) is 0 Å². The molecule has 2 aromatic carbocycles. The predicted octanol–water partition coefficient (Wildman–Crippen LogP) is 7.47. The van der Waals surface area contributed by atoms with Crippen molar-refractivity contribution in [2.45, 2.75) is 58.9 Å². The number of halogens is 3. The van der Waals surface area contributed by atoms with Crippen molar-refractivity contribution in [3.8, 4) is 5.75 Å². The second kappa shape index (κ2) is 13.7. The summed E-state index contributed by atoms with van der Waals surface area (Å²) in [5.41, 5.74) is 1.30. The monoisotopic (exact) mass is 520 g/mol. The maximum Gasteiger partial charge on any atom is 0.468 e. The lowest BCUT2D eigenvalue weighted by Gasteiger charge is -2.27. The number of ether oxygens (including phenoxy) is 3. The van der Waals surface area contributed by atoms with Gasteiger partial charge in [-0.05, 0) is 76.4 Å². The standard InChI is InChI=1S/C28H35F3N2O4/c1-21(17-19-36-25(28(29,30)31)32-23-13-15-24(35-5)16-14-23)10-9-18-33(26(34)37-27(2,3)4)20-22-11-7-6-8-12-22/h6-8,11-17H,9-10,18-20H2,1-5H3/b21-17-,32-25?. The number of carbonyl (C=O) groups is 1. The van der Waals surface area contributed by atoms with Gasteiger partial charge in [-0.1, -0.05) is 35.9 Å². The van der Waals surface area contributed by atoms with Gasteiger partial charge in [0, 0.05) is 13.1 Å². The third kappa shape index (κ3) is 11.4. The summed E-state index contributed by atoms with van der Waals surface area (Å²) >= 11 is 0. The molecule has 9 heteroatoms. The van der Waals surface area contributed by atoms with Crippen LogP contribution in [0.15, 0.2) is 71.2 Å². The molecule has 0 heterocycles. The van der Waals surface area contributed by atoms with E-state index < -0.39 is 23.8 Å². The number of benzene rings is 2. The van der Waals surface area contributed by atoms with Gasteiger partial charge in [0.1, 0.15) is 18.0 Å². The number of rotatable bonds is 10. The molecule has 0 radical (unpaired) electrons. The van der Waals surface area contributed by atoms with Crippen LogP contribution in [0.25, 0.3) is 0 Å². The Hall–Kier alpha value is -3.49. The Morgan fingerprint density at radius 1 is 1.03 bits per heavy atom. The zero-order valence-electron chi connectivity index (χ0n) is 22.0. The lowest BCUT2D eigenvalue weighted by Crippen LogP contribution is -2.37. The summed E-state index contributed by atoms with van der Waals surface area (Å²) in [5, 5.41) is 0. The summed E-state index contributed by atoms with van der Waals surface area (Å²) in [4.78, 5) is 17.9. The number of alkyl halides is 3. The first-order valence-corrected chi connectivity index (χ1v) is 12.0. The number of amides is 1. The zero-order chi connectivity index (χ0) is 27.5. The number of carbonyl (C=O) groups excluding carboxylic acids is 1. The maximum atomic E-state index is 13.4. The molecule has 0 aliphatic heterocycles. The van der Waals surface area contributed by atoms with Crippen LogP contribution in [0.4, 0.5) is 23.7 Å². The smallest absolute Gasteiger partial charge is 0.468 e. The fraction of sp³-hybridized carbons (Fsp3) is 0.429. The molecule has 0 aromatic heterocycles. The summed E-state index contributed by atoms with van der Waals surface area (Å²) in [6, 6.07) is 15.5. The fourth-order valence-electron chi connectivity index (χ4n) is 3.23. The molecule has 0 saturated carbocycles. The average Bonchev–Trinajstić information content (AvgIpc) is 2.82. The zero-order valence-corrected chi connectivity index (χ0v) is 22.0. The van der Waals surface area contributed by atoms with Crippen molar-refractivity contribution in [3.05, 3.63) is 71.8 Å². The molecule has 0 aliphatic carbocycles. The third-order valence-electron chi connectivity index (χ3n) is 5.06. The Bertz CT molecular complexity index is 1040. The van der Waals surface area contributed by atoms with E-state index in [9.17, 15) is 18.0 Å². The van der Waals surface area contributed by atoms with Crippen molar-refractivity contribution < 1.29 is 32.2 Å². The molecular formula is C28H35F3N2O4. The molecule has 0 spiro atoms. The van der Waals surface area contributed by atoms with E-state index >= 15 is 0 Å². The quantitative estimate of drug-likeness (QED) is 0.185. The lowest BCUT2D eigenvalue weighted by molar-refractivity contribution is -0.0770. The summed E-state index contributed by atoms with van der Waals surface area (Å²) in [6.07, 6.45) is -2.36. The first kappa shape index (κ1) is 29.7. The second-order valence-electron chi connectivity index (χ2n) is 9.47. The Balaban J connectivity index is 1.95. The van der Waals surface area contributed by atoms with Gasteiger partial charge in [-0.3, -0.25) is 0 Å². The number of hydrogen-bond donors (Lipinski definition) is 0. The molecule has 37 heavy (non-hydrogen) atoms. The van der Waals surface area contributed by atoms with Gasteiger partial charge < -0.3 is 19.1 Å². The molecule has 0 saturated heterocycles. The van der Waals surface area contributed by atoms with Crippen molar-refractivity contribution in [1.29, 1.82) is 0 Å². The van der Waals surface area contributed by atoms with Crippen molar-refractivity contribution in [3.63, 3.8) is 0 Å². The molecule has 1 amide bonds. The van der Waals surface area contributed by atoms with Gasteiger partial charge in [0.15, 0.2) is 0 Å². The molecule has 2 aromatic rings. The number of nitrogens with zero attached hydrogens (tertiary/aromatic N) is 2. The summed E-state index contributed by atoms with van der Waals surface area (Å²) in [6.45, 7) is 7.80. The molecule has 2 rings (SSSR count). The summed E-state index contributed by atoms with van der Waals surface area (Å²) in [7, 11) is 1.47. The van der Waals surface area contributed by atoms with E-state index in [0.717, 1.165) is 11.1 Å². The minimum Gasteiger partial charge on any atom is -0.497 e. The first-order valence-electron chi connectivity index (χ1n) is 12.0. The molecule has 0 N–H and O–H groups in total. The van der Waals surface area contributed by atoms with Crippen LogP contribution in [0.3, 0.4) is 0 Å². The highest BCUT2D eigenvalue weighted by atomic mass is 19.4. The molecule has 0 unspecified atom stereocenters. The van der Waals surface area contributed by atoms with E-state index in [1.54, 1.807) is 11.0 Å². The Labute approximate surface area is 216 Å². The third-order valence-corrected chi connectivity index (χ3v) is 5.06. The topological polar surface area (TPSA) is 60.4 Å². The predicted molar refractivity (Wildman–Crippen MR) is 138 cm³/mol. The van der Waals surface area contributed by atoms with Gasteiger partial charge in [0.05, 0.1) is 12.8 Å². The van der Waals surface area contributed by atoms with Crippen LogP contribution in [0, 0.1) is 0 Å². The summed E-state index contributed by atoms with van der Waals surface area (Å²) < 4.78 is 55.7. The Kier molecular flexibility index (Phi) is 11.0. The average molecular weight is 521 g/mol. The normalized spacial score (nSPS) is 12.8. The van der Waals surface area contributed by atoms with Crippen LogP contribution in [-0.4, -0.2) is 48.9 Å². The fourth-order valence-corrected chi connectivity index (χ4v) is 3.23. The highest BCUT2D eigenvalue weighted by Crippen LogP contribution is 2.24. The van der Waals surface area contributed by atoms with Gasteiger partial charge in [-0.25, -0.2) is 9.79 Å². The Morgan fingerprint density at radius 2 is 1.68 bits per heavy atom. The van der Waals surface area contributed by atoms with Crippen LogP contribution in [0.5, 0.6) is 5.75 Å². The van der Waals surface area contributed by atoms with Crippen molar-refractivity contribution in [2.24, 2.45) is 4.99 Å². The molecule has 0 aliphatic rings. The molecule has 0 atom stereocenters. The van der Waals surface area contributed by atoms with Gasteiger partial charge in [0.25, 0.3) is 5.90 Å². The molecule has 6 nitrogen and oxygen atoms in total. The summed E-state index contributed by atoms with van der Waals surface area (Å²) in [5.74, 6) is -0.804. The number of methoxy groups -OCH3 is 1. The highest BCUT2D eigenvalue weighted by molar-refractivity contribution is 5.84. The van der Waals surface area contributed by atoms with E-state index in [4.69, 9.17) is 14.2 Å². The molecule has 0 fully saturated rings.